The maximum Gasteiger partial charge on any atom is 0.325 e. The third-order valence-electron chi connectivity index (χ3n) is 2.83. The van der Waals surface area contributed by atoms with E-state index in [1.54, 1.807) is 30.5 Å². The summed E-state index contributed by atoms with van der Waals surface area (Å²) in [5, 5.41) is 11.1. The van der Waals surface area contributed by atoms with E-state index >= 15 is 0 Å². The normalized spacial score (nSPS) is 11.7. The number of aromatic nitrogens is 1. The van der Waals surface area contributed by atoms with Crippen molar-refractivity contribution >= 4 is 11.9 Å². The number of carbonyl (C=O) groups is 2. The smallest absolute Gasteiger partial charge is 0.325 e. The Labute approximate surface area is 116 Å². The van der Waals surface area contributed by atoms with Crippen LogP contribution in [-0.2, 0) is 4.79 Å². The first-order valence-electron chi connectivity index (χ1n) is 6.13. The molecular formula is C15H14N2O3. The van der Waals surface area contributed by atoms with Crippen LogP contribution in [-0.4, -0.2) is 28.0 Å². The molecular weight excluding hydrogens is 256 g/mol. The Bertz CT molecular complexity index is 609. The van der Waals surface area contributed by atoms with E-state index in [4.69, 9.17) is 5.11 Å². The van der Waals surface area contributed by atoms with Crippen molar-refractivity contribution < 1.29 is 14.7 Å². The van der Waals surface area contributed by atoms with Crippen molar-refractivity contribution in [3.63, 3.8) is 0 Å². The highest BCUT2D eigenvalue weighted by Crippen LogP contribution is 2.16. The second-order valence-corrected chi connectivity index (χ2v) is 4.33. The lowest BCUT2D eigenvalue weighted by atomic mass is 10.1. The van der Waals surface area contributed by atoms with Gasteiger partial charge in [0.25, 0.3) is 5.91 Å². The highest BCUT2D eigenvalue weighted by atomic mass is 16.4. The molecule has 0 bridgehead atoms. The van der Waals surface area contributed by atoms with Gasteiger partial charge in [-0.25, -0.2) is 0 Å². The van der Waals surface area contributed by atoms with Crippen LogP contribution >= 0.6 is 0 Å². The Kier molecular flexibility index (Phi) is 4.10. The average molecular weight is 270 g/mol. The van der Waals surface area contributed by atoms with Crippen LogP contribution in [0.5, 0.6) is 0 Å². The van der Waals surface area contributed by atoms with Crippen molar-refractivity contribution in [1.82, 2.24) is 10.3 Å². The summed E-state index contributed by atoms with van der Waals surface area (Å²) in [6, 6.07) is 11.5. The lowest BCUT2D eigenvalue weighted by molar-refractivity contribution is -0.138. The Balaban J connectivity index is 2.12. The maximum atomic E-state index is 11.8. The van der Waals surface area contributed by atoms with E-state index in [1.165, 1.54) is 6.92 Å². The highest BCUT2D eigenvalue weighted by Gasteiger charge is 2.15. The number of nitrogens with one attached hydrogen (secondary N) is 1. The summed E-state index contributed by atoms with van der Waals surface area (Å²) >= 11 is 0. The van der Waals surface area contributed by atoms with Crippen molar-refractivity contribution in [3.05, 3.63) is 54.2 Å². The van der Waals surface area contributed by atoms with Gasteiger partial charge >= 0.3 is 5.97 Å². The third-order valence-corrected chi connectivity index (χ3v) is 2.83. The molecule has 2 aromatic rings. The molecule has 0 fully saturated rings. The molecule has 20 heavy (non-hydrogen) atoms. The van der Waals surface area contributed by atoms with Crippen LogP contribution in [0.25, 0.3) is 11.3 Å². The molecule has 0 aliphatic heterocycles. The Morgan fingerprint density at radius 2 is 1.85 bits per heavy atom. The summed E-state index contributed by atoms with van der Waals surface area (Å²) in [6.45, 7) is 1.42. The lowest BCUT2D eigenvalue weighted by Crippen LogP contribution is -2.38. The molecule has 1 atom stereocenters. The van der Waals surface area contributed by atoms with E-state index in [0.29, 0.717) is 5.56 Å². The minimum Gasteiger partial charge on any atom is -0.480 e. The Hall–Kier alpha value is -2.69. The molecule has 102 valence electrons. The zero-order valence-electron chi connectivity index (χ0n) is 10.9. The average Bonchev–Trinajstić information content (AvgIpc) is 2.48. The van der Waals surface area contributed by atoms with E-state index in [2.05, 4.69) is 10.3 Å². The van der Waals surface area contributed by atoms with Gasteiger partial charge in [0.05, 0.1) is 5.69 Å². The number of amides is 1. The van der Waals surface area contributed by atoms with E-state index in [1.807, 2.05) is 18.2 Å². The van der Waals surface area contributed by atoms with Gasteiger partial charge in [0, 0.05) is 17.3 Å². The predicted octanol–water partition coefficient (Wildman–Crippen LogP) is 1.95. The third kappa shape index (κ3) is 3.20. The summed E-state index contributed by atoms with van der Waals surface area (Å²) in [5.41, 5.74) is 2.13. The summed E-state index contributed by atoms with van der Waals surface area (Å²) in [5.74, 6) is -1.48. The zero-order valence-corrected chi connectivity index (χ0v) is 10.9. The van der Waals surface area contributed by atoms with Crippen LogP contribution in [0.2, 0.25) is 0 Å². The molecule has 5 nitrogen and oxygen atoms in total. The number of carboxylic acid groups (broad SMARTS) is 1. The molecule has 2 rings (SSSR count). The van der Waals surface area contributed by atoms with Gasteiger partial charge in [0.15, 0.2) is 0 Å². The first kappa shape index (κ1) is 13.7. The van der Waals surface area contributed by atoms with E-state index in [-0.39, 0.29) is 0 Å². The van der Waals surface area contributed by atoms with Crippen LogP contribution < -0.4 is 5.32 Å². The van der Waals surface area contributed by atoms with Gasteiger partial charge < -0.3 is 10.4 Å². The maximum absolute atomic E-state index is 11.8. The van der Waals surface area contributed by atoms with Gasteiger partial charge in [-0.2, -0.15) is 0 Å². The highest BCUT2D eigenvalue weighted by molar-refractivity contribution is 5.96. The van der Waals surface area contributed by atoms with Crippen LogP contribution in [0.3, 0.4) is 0 Å². The van der Waals surface area contributed by atoms with Gasteiger partial charge in [-0.1, -0.05) is 18.2 Å². The van der Waals surface area contributed by atoms with Gasteiger partial charge in [-0.3, -0.25) is 14.6 Å². The molecule has 1 unspecified atom stereocenters. The second-order valence-electron chi connectivity index (χ2n) is 4.33. The van der Waals surface area contributed by atoms with Crippen LogP contribution in [0.1, 0.15) is 17.3 Å². The predicted molar refractivity (Wildman–Crippen MR) is 74.2 cm³/mol. The zero-order chi connectivity index (χ0) is 14.5. The monoisotopic (exact) mass is 270 g/mol. The summed E-state index contributed by atoms with van der Waals surface area (Å²) in [4.78, 5) is 26.7. The standard InChI is InChI=1S/C15H14N2O3/c1-10(15(19)20)17-14(18)12-7-5-11(6-8-12)13-4-2-3-9-16-13/h2-10H,1H3,(H,17,18)(H,19,20). The summed E-state index contributed by atoms with van der Waals surface area (Å²) in [6.07, 6.45) is 1.70. The fourth-order valence-corrected chi connectivity index (χ4v) is 1.67. The number of carboxylic acids is 1. The molecule has 1 aromatic carbocycles. The van der Waals surface area contributed by atoms with Crippen molar-refractivity contribution in [2.45, 2.75) is 13.0 Å². The molecule has 2 N–H and O–H groups in total. The molecule has 0 aliphatic carbocycles. The second kappa shape index (κ2) is 5.97. The quantitative estimate of drug-likeness (QED) is 0.890. The first-order chi connectivity index (χ1) is 9.58. The molecule has 5 heteroatoms. The number of hydrogen-bond donors (Lipinski definition) is 2. The number of rotatable bonds is 4. The summed E-state index contributed by atoms with van der Waals surface area (Å²) in [7, 11) is 0. The van der Waals surface area contributed by atoms with Gasteiger partial charge in [-0.15, -0.1) is 0 Å². The molecule has 0 aliphatic rings. The SMILES string of the molecule is CC(NC(=O)c1ccc(-c2ccccn2)cc1)C(=O)O. The molecule has 0 saturated carbocycles. The van der Waals surface area contributed by atoms with Gasteiger partial charge in [0.2, 0.25) is 0 Å². The summed E-state index contributed by atoms with van der Waals surface area (Å²) < 4.78 is 0. The van der Waals surface area contributed by atoms with Crippen molar-refractivity contribution in [2.24, 2.45) is 0 Å². The largest absolute Gasteiger partial charge is 0.480 e. The van der Waals surface area contributed by atoms with E-state index < -0.39 is 17.9 Å². The van der Waals surface area contributed by atoms with Crippen molar-refractivity contribution in [2.75, 3.05) is 0 Å². The number of carbonyl (C=O) groups excluding carboxylic acids is 1. The Morgan fingerprint density at radius 1 is 1.15 bits per heavy atom. The molecule has 0 spiro atoms. The van der Waals surface area contributed by atoms with Gasteiger partial charge in [-0.05, 0) is 31.2 Å². The first-order valence-corrected chi connectivity index (χ1v) is 6.13. The Morgan fingerprint density at radius 3 is 2.40 bits per heavy atom. The minimum absolute atomic E-state index is 0.410. The molecule has 1 aromatic heterocycles. The van der Waals surface area contributed by atoms with Crippen LogP contribution in [0, 0.1) is 0 Å². The molecule has 1 amide bonds. The fourth-order valence-electron chi connectivity index (χ4n) is 1.67. The minimum atomic E-state index is -1.07. The lowest BCUT2D eigenvalue weighted by Gasteiger charge is -2.09. The number of hydrogen-bond acceptors (Lipinski definition) is 3. The van der Waals surface area contributed by atoms with E-state index in [0.717, 1.165) is 11.3 Å². The van der Waals surface area contributed by atoms with Crippen molar-refractivity contribution in [1.29, 1.82) is 0 Å². The fraction of sp³-hybridized carbons (Fsp3) is 0.133. The van der Waals surface area contributed by atoms with E-state index in [9.17, 15) is 9.59 Å². The van der Waals surface area contributed by atoms with Crippen LogP contribution in [0.4, 0.5) is 0 Å². The molecule has 1 heterocycles. The number of nitrogens with zero attached hydrogens (tertiary/aromatic N) is 1. The number of benzene rings is 1. The van der Waals surface area contributed by atoms with Crippen LogP contribution in [0.15, 0.2) is 48.7 Å². The van der Waals surface area contributed by atoms with Crippen molar-refractivity contribution in [3.8, 4) is 11.3 Å². The number of pyridine rings is 1. The molecule has 0 saturated heterocycles. The molecule has 0 radical (unpaired) electrons. The van der Waals surface area contributed by atoms with Gasteiger partial charge in [0.1, 0.15) is 6.04 Å². The number of aliphatic carboxylic acids is 1. The topological polar surface area (TPSA) is 79.3 Å².